The van der Waals surface area contributed by atoms with Gasteiger partial charge < -0.3 is 0 Å². The maximum atomic E-state index is 13.3. The van der Waals surface area contributed by atoms with E-state index in [0.29, 0.717) is 17.5 Å². The van der Waals surface area contributed by atoms with Crippen LogP contribution in [0.25, 0.3) is 21.3 Å². The summed E-state index contributed by atoms with van der Waals surface area (Å²) in [5.74, 6) is 0. The lowest BCUT2D eigenvalue weighted by molar-refractivity contribution is 0.686. The molecule has 0 unspecified atom stereocenters. The number of nitrogens with zero attached hydrogens (tertiary/aromatic N) is 3. The third-order valence-corrected chi connectivity index (χ3v) is 6.59. The molecule has 1 aliphatic carbocycles. The number of fused-ring (bicyclic) bond motifs is 2. The number of rotatable bonds is 3. The average molecular weight is 398 g/mol. The van der Waals surface area contributed by atoms with Gasteiger partial charge in [0.25, 0.3) is 5.56 Å². The lowest BCUT2D eigenvalue weighted by Gasteiger charge is -2.16. The highest BCUT2D eigenvalue weighted by molar-refractivity contribution is 7.17. The number of thiophene rings is 1. The summed E-state index contributed by atoms with van der Waals surface area (Å²) in [4.78, 5) is 18.6. The normalized spacial score (nSPS) is 13.2. The Bertz CT molecular complexity index is 1330. The van der Waals surface area contributed by atoms with Crippen LogP contribution in [-0.2, 0) is 19.4 Å². The average Bonchev–Trinajstić information content (AvgIpc) is 3.20. The van der Waals surface area contributed by atoms with Crippen LogP contribution >= 0.6 is 11.3 Å². The quantitative estimate of drug-likeness (QED) is 0.493. The second-order valence-electron chi connectivity index (χ2n) is 7.47. The van der Waals surface area contributed by atoms with Crippen LogP contribution < -0.4 is 5.56 Å². The minimum atomic E-state index is -0.0586. The van der Waals surface area contributed by atoms with Crippen molar-refractivity contribution in [3.05, 3.63) is 86.8 Å². The number of aryl methyl sites for hydroxylation is 2. The Hall–Kier alpha value is -3.23. The molecular formula is C24H19N3OS. The van der Waals surface area contributed by atoms with Crippen molar-refractivity contribution in [2.45, 2.75) is 32.2 Å². The third-order valence-electron chi connectivity index (χ3n) is 5.70. The minimum Gasteiger partial charge on any atom is -0.294 e. The van der Waals surface area contributed by atoms with Crippen molar-refractivity contribution in [2.75, 3.05) is 0 Å². The smallest absolute Gasteiger partial charge is 0.263 e. The SMILES string of the molecule is N#Cc1ccccc1Cn1cnc2scc(-c3ccc4c(c3)CCCC4)c2c1=O. The molecule has 2 heterocycles. The molecule has 0 amide bonds. The molecule has 2 aromatic carbocycles. The molecule has 29 heavy (non-hydrogen) atoms. The van der Waals surface area contributed by atoms with Gasteiger partial charge in [0.1, 0.15) is 4.83 Å². The Labute approximate surface area is 172 Å². The van der Waals surface area contributed by atoms with Gasteiger partial charge in [-0.25, -0.2) is 4.98 Å². The van der Waals surface area contributed by atoms with Crippen LogP contribution in [0.15, 0.2) is 59.0 Å². The molecule has 0 bridgehead atoms. The second-order valence-corrected chi connectivity index (χ2v) is 8.32. The fourth-order valence-corrected chi connectivity index (χ4v) is 5.05. The molecule has 2 aromatic heterocycles. The summed E-state index contributed by atoms with van der Waals surface area (Å²) in [6, 6.07) is 16.2. The lowest BCUT2D eigenvalue weighted by atomic mass is 9.89. The van der Waals surface area contributed by atoms with E-state index in [1.54, 1.807) is 17.0 Å². The van der Waals surface area contributed by atoms with Crippen molar-refractivity contribution in [3.8, 4) is 17.2 Å². The fraction of sp³-hybridized carbons (Fsp3) is 0.208. The lowest BCUT2D eigenvalue weighted by Crippen LogP contribution is -2.21. The topological polar surface area (TPSA) is 58.7 Å². The zero-order valence-electron chi connectivity index (χ0n) is 15.9. The molecule has 0 fully saturated rings. The molecule has 4 nitrogen and oxygen atoms in total. The highest BCUT2D eigenvalue weighted by Crippen LogP contribution is 2.33. The molecule has 0 aliphatic heterocycles. The van der Waals surface area contributed by atoms with E-state index in [0.717, 1.165) is 34.4 Å². The van der Waals surface area contributed by atoms with Crippen LogP contribution in [0.3, 0.4) is 0 Å². The standard InChI is InChI=1S/C24H19N3OS/c25-12-19-7-3-4-8-20(19)13-27-15-26-23-22(24(27)28)21(14-29-23)18-10-9-16-5-1-2-6-17(16)11-18/h3-4,7-11,14-15H,1-2,5-6,13H2. The zero-order chi connectivity index (χ0) is 19.8. The van der Waals surface area contributed by atoms with Crippen molar-refractivity contribution in [2.24, 2.45) is 0 Å². The van der Waals surface area contributed by atoms with Crippen LogP contribution in [0.4, 0.5) is 0 Å². The number of nitriles is 1. The van der Waals surface area contributed by atoms with Gasteiger partial charge in [0.05, 0.1) is 29.9 Å². The summed E-state index contributed by atoms with van der Waals surface area (Å²) in [5, 5.41) is 12.1. The minimum absolute atomic E-state index is 0.0586. The van der Waals surface area contributed by atoms with E-state index in [1.165, 1.54) is 35.3 Å². The van der Waals surface area contributed by atoms with Gasteiger partial charge in [-0.3, -0.25) is 9.36 Å². The highest BCUT2D eigenvalue weighted by atomic mass is 32.1. The molecule has 5 heteroatoms. The Morgan fingerprint density at radius 3 is 2.79 bits per heavy atom. The van der Waals surface area contributed by atoms with E-state index in [4.69, 9.17) is 0 Å². The molecule has 142 valence electrons. The van der Waals surface area contributed by atoms with Crippen LogP contribution in [0.2, 0.25) is 0 Å². The molecule has 5 rings (SSSR count). The van der Waals surface area contributed by atoms with Gasteiger partial charge in [0, 0.05) is 10.9 Å². The van der Waals surface area contributed by atoms with E-state index in [2.05, 4.69) is 29.3 Å². The van der Waals surface area contributed by atoms with Gasteiger partial charge >= 0.3 is 0 Å². The van der Waals surface area contributed by atoms with Gasteiger partial charge in [-0.1, -0.05) is 36.4 Å². The second kappa shape index (κ2) is 7.31. The maximum absolute atomic E-state index is 13.3. The van der Waals surface area contributed by atoms with E-state index >= 15 is 0 Å². The number of aromatic nitrogens is 2. The third kappa shape index (κ3) is 3.16. The number of benzene rings is 2. The van der Waals surface area contributed by atoms with Crippen LogP contribution in [0.5, 0.6) is 0 Å². The molecule has 0 N–H and O–H groups in total. The monoisotopic (exact) mass is 397 g/mol. The van der Waals surface area contributed by atoms with E-state index in [9.17, 15) is 10.1 Å². The van der Waals surface area contributed by atoms with Gasteiger partial charge in [-0.2, -0.15) is 5.26 Å². The van der Waals surface area contributed by atoms with Crippen molar-refractivity contribution in [3.63, 3.8) is 0 Å². The van der Waals surface area contributed by atoms with Crippen LogP contribution in [0.1, 0.15) is 35.1 Å². The summed E-state index contributed by atoms with van der Waals surface area (Å²) in [6.07, 6.45) is 6.33. The molecule has 0 spiro atoms. The molecule has 4 aromatic rings. The van der Waals surface area contributed by atoms with Crippen molar-refractivity contribution in [1.29, 1.82) is 5.26 Å². The highest BCUT2D eigenvalue weighted by Gasteiger charge is 2.16. The van der Waals surface area contributed by atoms with Crippen molar-refractivity contribution in [1.82, 2.24) is 9.55 Å². The first-order valence-corrected chi connectivity index (χ1v) is 10.7. The van der Waals surface area contributed by atoms with E-state index < -0.39 is 0 Å². The van der Waals surface area contributed by atoms with Crippen LogP contribution in [-0.4, -0.2) is 9.55 Å². The van der Waals surface area contributed by atoms with Gasteiger partial charge in [0.15, 0.2) is 0 Å². The Morgan fingerprint density at radius 2 is 1.93 bits per heavy atom. The molecule has 1 aliphatic rings. The first kappa shape index (κ1) is 17.8. The molecule has 0 radical (unpaired) electrons. The maximum Gasteiger partial charge on any atom is 0.263 e. The van der Waals surface area contributed by atoms with Crippen molar-refractivity contribution >= 4 is 21.6 Å². The van der Waals surface area contributed by atoms with Crippen molar-refractivity contribution < 1.29 is 0 Å². The molecule has 0 saturated carbocycles. The summed E-state index contributed by atoms with van der Waals surface area (Å²) < 4.78 is 1.60. The number of hydrogen-bond acceptors (Lipinski definition) is 4. The Morgan fingerprint density at radius 1 is 1.10 bits per heavy atom. The van der Waals surface area contributed by atoms with Gasteiger partial charge in [-0.05, 0) is 54.0 Å². The van der Waals surface area contributed by atoms with Gasteiger partial charge in [0.2, 0.25) is 0 Å². The summed E-state index contributed by atoms with van der Waals surface area (Å²) in [5.41, 5.74) is 6.23. The first-order chi connectivity index (χ1) is 14.2. The summed E-state index contributed by atoms with van der Waals surface area (Å²) >= 11 is 1.51. The molecular weight excluding hydrogens is 378 g/mol. The zero-order valence-corrected chi connectivity index (χ0v) is 16.7. The van der Waals surface area contributed by atoms with Crippen LogP contribution in [0, 0.1) is 11.3 Å². The predicted molar refractivity (Wildman–Crippen MR) is 116 cm³/mol. The largest absolute Gasteiger partial charge is 0.294 e. The summed E-state index contributed by atoms with van der Waals surface area (Å²) in [6.45, 7) is 0.338. The number of hydrogen-bond donors (Lipinski definition) is 0. The fourth-order valence-electron chi connectivity index (χ4n) is 4.14. The Kier molecular flexibility index (Phi) is 4.49. The van der Waals surface area contributed by atoms with Gasteiger partial charge in [-0.15, -0.1) is 11.3 Å². The molecule has 0 atom stereocenters. The first-order valence-electron chi connectivity index (χ1n) is 9.81. The van der Waals surface area contributed by atoms with E-state index in [1.807, 2.05) is 23.6 Å². The van der Waals surface area contributed by atoms with E-state index in [-0.39, 0.29) is 5.56 Å². The predicted octanol–water partition coefficient (Wildman–Crippen LogP) is 4.92. The Balaban J connectivity index is 1.61. The summed E-state index contributed by atoms with van der Waals surface area (Å²) in [7, 11) is 0. The molecule has 0 saturated heterocycles.